The molecule has 0 spiro atoms. The van der Waals surface area contributed by atoms with Gasteiger partial charge in [-0.2, -0.15) is 0 Å². The quantitative estimate of drug-likeness (QED) is 0.841. The minimum Gasteiger partial charge on any atom is -0.437 e. The van der Waals surface area contributed by atoms with Crippen LogP contribution >= 0.6 is 15.9 Å². The van der Waals surface area contributed by atoms with Crippen LogP contribution in [0.2, 0.25) is 0 Å². The highest BCUT2D eigenvalue weighted by molar-refractivity contribution is 9.10. The normalized spacial score (nSPS) is 10.2. The SMILES string of the molecule is Cc1cccc(Oc2ncncc2Br)c1C. The molecule has 0 radical (unpaired) electrons. The number of aromatic nitrogens is 2. The van der Waals surface area contributed by atoms with Crippen LogP contribution in [0.5, 0.6) is 11.6 Å². The molecule has 0 N–H and O–H groups in total. The molecule has 2 rings (SSSR count). The van der Waals surface area contributed by atoms with Gasteiger partial charge in [-0.25, -0.2) is 9.97 Å². The highest BCUT2D eigenvalue weighted by Gasteiger charge is 2.07. The highest BCUT2D eigenvalue weighted by atomic mass is 79.9. The summed E-state index contributed by atoms with van der Waals surface area (Å²) in [5, 5.41) is 0. The molecule has 0 saturated carbocycles. The maximum absolute atomic E-state index is 5.72. The lowest BCUT2D eigenvalue weighted by Gasteiger charge is -2.10. The van der Waals surface area contributed by atoms with Crippen LogP contribution in [0.4, 0.5) is 0 Å². The summed E-state index contributed by atoms with van der Waals surface area (Å²) >= 11 is 3.35. The molecule has 1 aromatic heterocycles. The monoisotopic (exact) mass is 278 g/mol. The molecule has 1 heterocycles. The van der Waals surface area contributed by atoms with E-state index < -0.39 is 0 Å². The fourth-order valence-electron chi connectivity index (χ4n) is 1.32. The van der Waals surface area contributed by atoms with Crippen LogP contribution < -0.4 is 4.74 Å². The minimum atomic E-state index is 0.531. The molecule has 0 unspecified atom stereocenters. The summed E-state index contributed by atoms with van der Waals surface area (Å²) in [7, 11) is 0. The third kappa shape index (κ3) is 2.22. The molecule has 0 aliphatic heterocycles. The fraction of sp³-hybridized carbons (Fsp3) is 0.167. The van der Waals surface area contributed by atoms with Crippen LogP contribution in [-0.2, 0) is 0 Å². The number of hydrogen-bond donors (Lipinski definition) is 0. The molecular formula is C12H11BrN2O. The van der Waals surface area contributed by atoms with Crippen molar-refractivity contribution >= 4 is 15.9 Å². The van der Waals surface area contributed by atoms with Gasteiger partial charge in [-0.05, 0) is 47.0 Å². The van der Waals surface area contributed by atoms with E-state index in [0.717, 1.165) is 15.8 Å². The van der Waals surface area contributed by atoms with Crippen molar-refractivity contribution in [2.75, 3.05) is 0 Å². The molecule has 0 bridgehead atoms. The minimum absolute atomic E-state index is 0.531. The maximum Gasteiger partial charge on any atom is 0.236 e. The van der Waals surface area contributed by atoms with Crippen molar-refractivity contribution in [3.05, 3.63) is 46.3 Å². The number of aryl methyl sites for hydroxylation is 1. The number of halogens is 1. The second-order valence-electron chi connectivity index (χ2n) is 3.48. The Bertz CT molecular complexity index is 514. The molecule has 0 saturated heterocycles. The smallest absolute Gasteiger partial charge is 0.236 e. The molecule has 0 aliphatic carbocycles. The van der Waals surface area contributed by atoms with E-state index in [1.54, 1.807) is 6.20 Å². The van der Waals surface area contributed by atoms with Gasteiger partial charge in [0, 0.05) is 6.20 Å². The van der Waals surface area contributed by atoms with Gasteiger partial charge in [0.2, 0.25) is 5.88 Å². The molecule has 0 fully saturated rings. The maximum atomic E-state index is 5.72. The molecule has 1 aromatic carbocycles. The van der Waals surface area contributed by atoms with Crippen LogP contribution in [0.1, 0.15) is 11.1 Å². The van der Waals surface area contributed by atoms with E-state index in [1.807, 2.05) is 19.1 Å². The van der Waals surface area contributed by atoms with E-state index in [2.05, 4.69) is 38.9 Å². The fourth-order valence-corrected chi connectivity index (χ4v) is 1.62. The lowest BCUT2D eigenvalue weighted by molar-refractivity contribution is 0.454. The Kier molecular flexibility index (Phi) is 3.19. The van der Waals surface area contributed by atoms with Gasteiger partial charge in [0.1, 0.15) is 12.1 Å². The molecule has 4 heteroatoms. The molecule has 82 valence electrons. The van der Waals surface area contributed by atoms with E-state index in [-0.39, 0.29) is 0 Å². The van der Waals surface area contributed by atoms with Gasteiger partial charge in [0.15, 0.2) is 0 Å². The average Bonchev–Trinajstić information content (AvgIpc) is 2.28. The van der Waals surface area contributed by atoms with Gasteiger partial charge in [-0.15, -0.1) is 0 Å². The Hall–Kier alpha value is -1.42. The number of nitrogens with zero attached hydrogens (tertiary/aromatic N) is 2. The van der Waals surface area contributed by atoms with Gasteiger partial charge in [-0.1, -0.05) is 12.1 Å². The molecule has 0 atom stereocenters. The third-order valence-corrected chi connectivity index (χ3v) is 2.94. The van der Waals surface area contributed by atoms with Crippen molar-refractivity contribution < 1.29 is 4.74 Å². The molecule has 2 aromatic rings. The molecule has 3 nitrogen and oxygen atoms in total. The zero-order valence-electron chi connectivity index (χ0n) is 9.07. The first-order valence-electron chi connectivity index (χ1n) is 4.88. The Morgan fingerprint density at radius 1 is 1.25 bits per heavy atom. The van der Waals surface area contributed by atoms with Crippen LogP contribution in [0, 0.1) is 13.8 Å². The van der Waals surface area contributed by atoms with E-state index in [9.17, 15) is 0 Å². The first-order chi connectivity index (χ1) is 7.68. The number of rotatable bonds is 2. The third-order valence-electron chi connectivity index (χ3n) is 2.40. The predicted octanol–water partition coefficient (Wildman–Crippen LogP) is 3.65. The van der Waals surface area contributed by atoms with Gasteiger partial charge >= 0.3 is 0 Å². The van der Waals surface area contributed by atoms with Gasteiger partial charge in [0.05, 0.1) is 4.47 Å². The van der Waals surface area contributed by atoms with Crippen molar-refractivity contribution in [3.63, 3.8) is 0 Å². The zero-order chi connectivity index (χ0) is 11.5. The van der Waals surface area contributed by atoms with Crippen LogP contribution in [-0.4, -0.2) is 9.97 Å². The second-order valence-corrected chi connectivity index (χ2v) is 4.33. The standard InChI is InChI=1S/C12H11BrN2O/c1-8-4-3-5-11(9(8)2)16-12-10(13)6-14-7-15-12/h3-7H,1-2H3. The van der Waals surface area contributed by atoms with Crippen molar-refractivity contribution in [1.29, 1.82) is 0 Å². The lowest BCUT2D eigenvalue weighted by atomic mass is 10.1. The molecular weight excluding hydrogens is 268 g/mol. The number of hydrogen-bond acceptors (Lipinski definition) is 3. The van der Waals surface area contributed by atoms with Crippen molar-refractivity contribution in [2.24, 2.45) is 0 Å². The summed E-state index contributed by atoms with van der Waals surface area (Å²) in [5.74, 6) is 1.35. The lowest BCUT2D eigenvalue weighted by Crippen LogP contribution is -1.93. The van der Waals surface area contributed by atoms with Gasteiger partial charge in [-0.3, -0.25) is 0 Å². The zero-order valence-corrected chi connectivity index (χ0v) is 10.7. The summed E-state index contributed by atoms with van der Waals surface area (Å²) < 4.78 is 6.47. The molecule has 0 aliphatic rings. The molecule has 16 heavy (non-hydrogen) atoms. The summed E-state index contributed by atoms with van der Waals surface area (Å²) in [6.45, 7) is 4.08. The second kappa shape index (κ2) is 4.61. The molecule has 0 amide bonds. The summed E-state index contributed by atoms with van der Waals surface area (Å²) in [6.07, 6.45) is 3.12. The Morgan fingerprint density at radius 3 is 2.81 bits per heavy atom. The summed E-state index contributed by atoms with van der Waals surface area (Å²) in [6, 6.07) is 5.95. The Labute approximate surface area is 103 Å². The highest BCUT2D eigenvalue weighted by Crippen LogP contribution is 2.29. The predicted molar refractivity (Wildman–Crippen MR) is 65.7 cm³/mol. The van der Waals surface area contributed by atoms with E-state index >= 15 is 0 Å². The van der Waals surface area contributed by atoms with Crippen LogP contribution in [0.3, 0.4) is 0 Å². The van der Waals surface area contributed by atoms with Crippen LogP contribution in [0.25, 0.3) is 0 Å². The van der Waals surface area contributed by atoms with Crippen LogP contribution in [0.15, 0.2) is 35.2 Å². The Balaban J connectivity index is 2.35. The average molecular weight is 279 g/mol. The van der Waals surface area contributed by atoms with Crippen molar-refractivity contribution in [1.82, 2.24) is 9.97 Å². The summed E-state index contributed by atoms with van der Waals surface area (Å²) in [5.41, 5.74) is 2.32. The van der Waals surface area contributed by atoms with Crippen molar-refractivity contribution in [3.8, 4) is 11.6 Å². The van der Waals surface area contributed by atoms with E-state index in [1.165, 1.54) is 11.9 Å². The Morgan fingerprint density at radius 2 is 2.06 bits per heavy atom. The summed E-state index contributed by atoms with van der Waals surface area (Å²) in [4.78, 5) is 7.95. The van der Waals surface area contributed by atoms with E-state index in [0.29, 0.717) is 5.88 Å². The van der Waals surface area contributed by atoms with E-state index in [4.69, 9.17) is 4.74 Å². The van der Waals surface area contributed by atoms with Gasteiger partial charge < -0.3 is 4.74 Å². The first-order valence-corrected chi connectivity index (χ1v) is 5.67. The number of ether oxygens (including phenoxy) is 1. The number of benzene rings is 1. The largest absolute Gasteiger partial charge is 0.437 e. The van der Waals surface area contributed by atoms with Gasteiger partial charge in [0.25, 0.3) is 0 Å². The topological polar surface area (TPSA) is 35.0 Å². The van der Waals surface area contributed by atoms with Crippen molar-refractivity contribution in [2.45, 2.75) is 13.8 Å². The first kappa shape index (κ1) is 11.1.